The fourth-order valence-electron chi connectivity index (χ4n) is 4.85. The lowest BCUT2D eigenvalue weighted by Crippen LogP contribution is -2.46. The van der Waals surface area contributed by atoms with Crippen molar-refractivity contribution in [3.8, 4) is 5.69 Å². The number of hydrogen-bond donors (Lipinski definition) is 1. The van der Waals surface area contributed by atoms with Crippen LogP contribution in [0.1, 0.15) is 48.3 Å². The van der Waals surface area contributed by atoms with Gasteiger partial charge in [-0.2, -0.15) is 0 Å². The first-order chi connectivity index (χ1) is 14.7. The molecule has 2 aliphatic rings. The fraction of sp³-hybridized carbons (Fsp3) is 0.440. The Morgan fingerprint density at radius 1 is 1.03 bits per heavy atom. The van der Waals surface area contributed by atoms with E-state index in [0.717, 1.165) is 35.1 Å². The molecule has 0 atom stereocenters. The molecule has 1 aliphatic heterocycles. The molecule has 1 saturated carbocycles. The Labute approximate surface area is 178 Å². The van der Waals surface area contributed by atoms with E-state index in [9.17, 15) is 4.79 Å². The van der Waals surface area contributed by atoms with Crippen molar-refractivity contribution in [2.45, 2.75) is 45.1 Å². The van der Waals surface area contributed by atoms with Crippen molar-refractivity contribution in [3.63, 3.8) is 0 Å². The molecule has 1 amide bonds. The van der Waals surface area contributed by atoms with Crippen LogP contribution in [-0.2, 0) is 0 Å². The first-order valence-corrected chi connectivity index (χ1v) is 11.3. The van der Waals surface area contributed by atoms with Gasteiger partial charge in [-0.1, -0.05) is 18.6 Å². The molecular weight excluding hydrogens is 372 g/mol. The number of nitrogens with zero attached hydrogens (tertiary/aromatic N) is 3. The summed E-state index contributed by atoms with van der Waals surface area (Å²) in [5, 5.41) is 3.16. The van der Waals surface area contributed by atoms with Crippen LogP contribution in [0.15, 0.2) is 48.5 Å². The van der Waals surface area contributed by atoms with Crippen LogP contribution in [-0.4, -0.2) is 46.0 Å². The van der Waals surface area contributed by atoms with Crippen molar-refractivity contribution in [2.24, 2.45) is 5.92 Å². The number of rotatable bonds is 5. The molecule has 0 bridgehead atoms. The predicted molar refractivity (Wildman–Crippen MR) is 120 cm³/mol. The maximum Gasteiger partial charge on any atom is 0.251 e. The smallest absolute Gasteiger partial charge is 0.251 e. The Morgan fingerprint density at radius 3 is 2.47 bits per heavy atom. The molecule has 2 aromatic carbocycles. The zero-order valence-electron chi connectivity index (χ0n) is 17.7. The van der Waals surface area contributed by atoms with Crippen molar-refractivity contribution in [1.82, 2.24) is 19.8 Å². The Bertz CT molecular complexity index is 1030. The molecule has 30 heavy (non-hydrogen) atoms. The first kappa shape index (κ1) is 19.3. The van der Waals surface area contributed by atoms with Crippen molar-refractivity contribution < 1.29 is 4.79 Å². The minimum absolute atomic E-state index is 0.0233. The Hall–Kier alpha value is -2.66. The van der Waals surface area contributed by atoms with Crippen molar-refractivity contribution in [3.05, 3.63) is 59.9 Å². The summed E-state index contributed by atoms with van der Waals surface area (Å²) in [5.74, 6) is 1.57. The number of benzene rings is 2. The van der Waals surface area contributed by atoms with Gasteiger partial charge in [-0.15, -0.1) is 0 Å². The zero-order valence-corrected chi connectivity index (χ0v) is 17.7. The molecule has 0 radical (unpaired) electrons. The van der Waals surface area contributed by atoms with Gasteiger partial charge in [0, 0.05) is 23.8 Å². The van der Waals surface area contributed by atoms with E-state index in [-0.39, 0.29) is 5.91 Å². The lowest BCUT2D eigenvalue weighted by molar-refractivity contribution is 0.0803. The molecular formula is C25H30N4O. The van der Waals surface area contributed by atoms with Gasteiger partial charge in [0.05, 0.1) is 11.0 Å². The van der Waals surface area contributed by atoms with E-state index in [1.54, 1.807) is 0 Å². The summed E-state index contributed by atoms with van der Waals surface area (Å²) in [7, 11) is 0. The SMILES string of the molecule is Cc1nc2ccccc2n1-c1ccc(C(=O)NCC2CCN(C3CCC3)CC2)cc1. The molecule has 0 spiro atoms. The van der Waals surface area contributed by atoms with Gasteiger partial charge in [-0.3, -0.25) is 9.36 Å². The Balaban J connectivity index is 1.19. The summed E-state index contributed by atoms with van der Waals surface area (Å²) in [5.41, 5.74) is 3.81. The van der Waals surface area contributed by atoms with Crippen LogP contribution in [0.4, 0.5) is 0 Å². The van der Waals surface area contributed by atoms with Crippen LogP contribution in [0.3, 0.4) is 0 Å². The lowest BCUT2D eigenvalue weighted by atomic mass is 9.88. The average molecular weight is 403 g/mol. The van der Waals surface area contributed by atoms with Crippen molar-refractivity contribution >= 4 is 16.9 Å². The second kappa shape index (κ2) is 8.23. The minimum Gasteiger partial charge on any atom is -0.352 e. The highest BCUT2D eigenvalue weighted by atomic mass is 16.1. The average Bonchev–Trinajstić information content (AvgIpc) is 3.07. The highest BCUT2D eigenvalue weighted by Crippen LogP contribution is 2.29. The van der Waals surface area contributed by atoms with Crippen molar-refractivity contribution in [1.29, 1.82) is 0 Å². The number of nitrogens with one attached hydrogen (secondary N) is 1. The molecule has 156 valence electrons. The summed E-state index contributed by atoms with van der Waals surface area (Å²) in [6.07, 6.45) is 6.55. The third-order valence-corrected chi connectivity index (χ3v) is 6.91. The van der Waals surface area contributed by atoms with E-state index in [1.807, 2.05) is 49.4 Å². The molecule has 1 saturated heterocycles. The van der Waals surface area contributed by atoms with E-state index in [0.29, 0.717) is 11.5 Å². The largest absolute Gasteiger partial charge is 0.352 e. The summed E-state index contributed by atoms with van der Waals surface area (Å²) < 4.78 is 2.13. The molecule has 1 aliphatic carbocycles. The van der Waals surface area contributed by atoms with Gasteiger partial charge in [-0.25, -0.2) is 4.98 Å². The maximum atomic E-state index is 12.7. The number of piperidine rings is 1. The molecule has 5 heteroatoms. The second-order valence-electron chi connectivity index (χ2n) is 8.80. The number of aryl methyl sites for hydroxylation is 1. The quantitative estimate of drug-likeness (QED) is 0.691. The van der Waals surface area contributed by atoms with Crippen LogP contribution in [0.2, 0.25) is 0 Å². The fourth-order valence-corrected chi connectivity index (χ4v) is 4.85. The molecule has 3 aromatic rings. The highest BCUT2D eigenvalue weighted by Gasteiger charge is 2.28. The number of amides is 1. The van der Waals surface area contributed by atoms with Gasteiger partial charge in [0.2, 0.25) is 0 Å². The third kappa shape index (κ3) is 3.74. The van der Waals surface area contributed by atoms with Crippen LogP contribution >= 0.6 is 0 Å². The number of hydrogen-bond acceptors (Lipinski definition) is 3. The van der Waals surface area contributed by atoms with Gasteiger partial charge in [-0.05, 0) is 88.0 Å². The van der Waals surface area contributed by atoms with E-state index in [2.05, 4.69) is 25.8 Å². The van der Waals surface area contributed by atoms with E-state index in [4.69, 9.17) is 0 Å². The number of likely N-dealkylation sites (tertiary alicyclic amines) is 1. The monoisotopic (exact) mass is 402 g/mol. The third-order valence-electron chi connectivity index (χ3n) is 6.91. The lowest BCUT2D eigenvalue weighted by Gasteiger charge is -2.41. The van der Waals surface area contributed by atoms with Gasteiger partial charge in [0.25, 0.3) is 5.91 Å². The highest BCUT2D eigenvalue weighted by molar-refractivity contribution is 5.94. The molecule has 2 fully saturated rings. The number of carbonyl (C=O) groups is 1. The maximum absolute atomic E-state index is 12.7. The summed E-state index contributed by atoms with van der Waals surface area (Å²) >= 11 is 0. The number of aromatic nitrogens is 2. The second-order valence-corrected chi connectivity index (χ2v) is 8.80. The molecule has 0 unspecified atom stereocenters. The van der Waals surface area contributed by atoms with Gasteiger partial charge < -0.3 is 10.2 Å². The molecule has 1 N–H and O–H groups in total. The van der Waals surface area contributed by atoms with Crippen LogP contribution < -0.4 is 5.32 Å². The van der Waals surface area contributed by atoms with Crippen LogP contribution in [0.5, 0.6) is 0 Å². The summed E-state index contributed by atoms with van der Waals surface area (Å²) in [4.78, 5) is 19.9. The summed E-state index contributed by atoms with van der Waals surface area (Å²) in [6, 6.07) is 16.8. The van der Waals surface area contributed by atoms with Crippen molar-refractivity contribution in [2.75, 3.05) is 19.6 Å². The van der Waals surface area contributed by atoms with Crippen LogP contribution in [0.25, 0.3) is 16.7 Å². The minimum atomic E-state index is 0.0233. The Kier molecular flexibility index (Phi) is 5.30. The number of para-hydroxylation sites is 2. The molecule has 1 aromatic heterocycles. The Morgan fingerprint density at radius 2 is 1.77 bits per heavy atom. The number of fused-ring (bicyclic) bond motifs is 1. The molecule has 2 heterocycles. The standard InChI is InChI=1S/C25H30N4O/c1-18-27-23-7-2-3-8-24(23)29(18)22-11-9-20(10-12-22)25(30)26-17-19-13-15-28(16-14-19)21-5-4-6-21/h2-3,7-12,19,21H,4-6,13-17H2,1H3,(H,26,30). The van der Waals surface area contributed by atoms with E-state index >= 15 is 0 Å². The van der Waals surface area contributed by atoms with E-state index < -0.39 is 0 Å². The topological polar surface area (TPSA) is 50.2 Å². The molecule has 5 rings (SSSR count). The van der Waals surface area contributed by atoms with Crippen LogP contribution in [0, 0.1) is 12.8 Å². The summed E-state index contributed by atoms with van der Waals surface area (Å²) in [6.45, 7) is 5.18. The number of carbonyl (C=O) groups excluding carboxylic acids is 1. The van der Waals surface area contributed by atoms with E-state index in [1.165, 1.54) is 45.2 Å². The van der Waals surface area contributed by atoms with Gasteiger partial charge >= 0.3 is 0 Å². The predicted octanol–water partition coefficient (Wildman–Crippen LogP) is 4.33. The molecule has 5 nitrogen and oxygen atoms in total. The van der Waals surface area contributed by atoms with Gasteiger partial charge in [0.1, 0.15) is 5.82 Å². The normalized spacial score (nSPS) is 18.4. The van der Waals surface area contributed by atoms with Gasteiger partial charge in [0.15, 0.2) is 0 Å². The zero-order chi connectivity index (χ0) is 20.5. The number of imidazole rings is 1. The first-order valence-electron chi connectivity index (χ1n) is 11.3.